The first-order valence-corrected chi connectivity index (χ1v) is 7.26. The van der Waals surface area contributed by atoms with Crippen LogP contribution in [0.4, 0.5) is 28.6 Å². The molecule has 0 aliphatic carbocycles. The summed E-state index contributed by atoms with van der Waals surface area (Å²) in [5.74, 6) is 0.859. The Hall–Kier alpha value is -1.83. The van der Waals surface area contributed by atoms with Gasteiger partial charge in [0.05, 0.1) is 39.9 Å². The molecular formula is C12H9Cl2N5OS. The van der Waals surface area contributed by atoms with Crippen LogP contribution >= 0.6 is 23.2 Å². The number of methoxy groups -OCH3 is 1. The third-order valence-corrected chi connectivity index (χ3v) is 3.91. The minimum Gasteiger partial charge on any atom is -0.481 e. The Bertz CT molecular complexity index is 805. The van der Waals surface area contributed by atoms with Crippen molar-refractivity contribution in [3.05, 3.63) is 28.2 Å². The molecular weight excluding hydrogens is 333 g/mol. The number of rotatable bonds is 3. The summed E-state index contributed by atoms with van der Waals surface area (Å²) in [6.45, 7) is 0. The van der Waals surface area contributed by atoms with E-state index in [2.05, 4.69) is 19.0 Å². The lowest BCUT2D eigenvalue weighted by Crippen LogP contribution is -2.01. The molecule has 3 rings (SSSR count). The van der Waals surface area contributed by atoms with Gasteiger partial charge in [0.2, 0.25) is 5.88 Å². The number of hydrogen-bond acceptors (Lipinski definition) is 6. The van der Waals surface area contributed by atoms with Crippen LogP contribution in [0, 0.1) is 0 Å². The molecule has 0 amide bonds. The Labute approximate surface area is 134 Å². The van der Waals surface area contributed by atoms with E-state index in [4.69, 9.17) is 33.7 Å². The SMILES string of the molecule is COc1ccc(N)c(Nc2c(Cl)cc(Cl)c3c2N=S=N3)n1. The fourth-order valence-electron chi connectivity index (χ4n) is 1.78. The Balaban J connectivity index is 2.08. The van der Waals surface area contributed by atoms with Crippen molar-refractivity contribution >= 4 is 63.1 Å². The van der Waals surface area contributed by atoms with Crippen molar-refractivity contribution in [2.45, 2.75) is 0 Å². The van der Waals surface area contributed by atoms with Crippen molar-refractivity contribution in [1.82, 2.24) is 4.98 Å². The normalized spacial score (nSPS) is 12.0. The van der Waals surface area contributed by atoms with Gasteiger partial charge in [0.25, 0.3) is 0 Å². The fraction of sp³-hybridized carbons (Fsp3) is 0.0833. The maximum Gasteiger partial charge on any atom is 0.215 e. The molecule has 0 atom stereocenters. The van der Waals surface area contributed by atoms with E-state index in [0.29, 0.717) is 44.5 Å². The third-order valence-electron chi connectivity index (χ3n) is 2.80. The van der Waals surface area contributed by atoms with E-state index in [1.54, 1.807) is 18.2 Å². The Morgan fingerprint density at radius 2 is 1.95 bits per heavy atom. The average Bonchev–Trinajstić information content (AvgIpc) is 2.95. The predicted octanol–water partition coefficient (Wildman–Crippen LogP) is 4.45. The van der Waals surface area contributed by atoms with Crippen LogP contribution in [0.5, 0.6) is 5.88 Å². The molecule has 21 heavy (non-hydrogen) atoms. The summed E-state index contributed by atoms with van der Waals surface area (Å²) in [6.07, 6.45) is 0. The predicted molar refractivity (Wildman–Crippen MR) is 86.5 cm³/mol. The molecule has 1 aliphatic rings. The lowest BCUT2D eigenvalue weighted by Gasteiger charge is -2.13. The van der Waals surface area contributed by atoms with Crippen molar-refractivity contribution in [3.63, 3.8) is 0 Å². The van der Waals surface area contributed by atoms with Crippen molar-refractivity contribution in [2.24, 2.45) is 8.73 Å². The van der Waals surface area contributed by atoms with Gasteiger partial charge in [0.15, 0.2) is 5.82 Å². The molecule has 3 N–H and O–H groups in total. The highest BCUT2D eigenvalue weighted by atomic mass is 35.5. The molecule has 0 radical (unpaired) electrons. The van der Waals surface area contributed by atoms with Gasteiger partial charge in [-0.05, 0) is 12.1 Å². The quantitative estimate of drug-likeness (QED) is 0.736. The highest BCUT2D eigenvalue weighted by Crippen LogP contribution is 2.48. The number of hydrogen-bond donors (Lipinski definition) is 2. The summed E-state index contributed by atoms with van der Waals surface area (Å²) in [4.78, 5) is 4.25. The molecule has 0 unspecified atom stereocenters. The number of nitrogens with zero attached hydrogens (tertiary/aromatic N) is 3. The molecule has 2 aromatic rings. The van der Waals surface area contributed by atoms with Gasteiger partial charge in [-0.1, -0.05) is 23.2 Å². The first-order chi connectivity index (χ1) is 10.1. The third kappa shape index (κ3) is 2.55. The number of nitrogens with two attached hydrogens (primary N) is 1. The summed E-state index contributed by atoms with van der Waals surface area (Å²) in [7, 11) is 1.53. The molecule has 0 bridgehead atoms. The second kappa shape index (κ2) is 5.51. The number of nitrogen functional groups attached to an aromatic ring is 1. The van der Waals surface area contributed by atoms with Gasteiger partial charge < -0.3 is 15.8 Å². The maximum atomic E-state index is 6.23. The smallest absolute Gasteiger partial charge is 0.215 e. The van der Waals surface area contributed by atoms with Crippen LogP contribution in [0.3, 0.4) is 0 Å². The van der Waals surface area contributed by atoms with Gasteiger partial charge in [-0.3, -0.25) is 0 Å². The van der Waals surface area contributed by atoms with E-state index < -0.39 is 0 Å². The molecule has 1 aromatic heterocycles. The number of anilines is 3. The number of benzene rings is 1. The van der Waals surface area contributed by atoms with Crippen molar-refractivity contribution in [1.29, 1.82) is 0 Å². The Morgan fingerprint density at radius 3 is 2.71 bits per heavy atom. The highest BCUT2D eigenvalue weighted by Gasteiger charge is 2.20. The van der Waals surface area contributed by atoms with Gasteiger partial charge in [-0.25, -0.2) is 0 Å². The second-order valence-corrected chi connectivity index (χ2v) is 5.44. The van der Waals surface area contributed by atoms with Crippen LogP contribution in [0.1, 0.15) is 0 Å². The van der Waals surface area contributed by atoms with Gasteiger partial charge in [-0.2, -0.15) is 13.7 Å². The maximum absolute atomic E-state index is 6.23. The molecule has 9 heteroatoms. The topological polar surface area (TPSA) is 84.9 Å². The summed E-state index contributed by atoms with van der Waals surface area (Å²) in [6, 6.07) is 4.96. The molecule has 0 saturated heterocycles. The molecule has 0 saturated carbocycles. The van der Waals surface area contributed by atoms with Crippen LogP contribution in [0.25, 0.3) is 0 Å². The molecule has 1 aliphatic heterocycles. The van der Waals surface area contributed by atoms with E-state index in [-0.39, 0.29) is 0 Å². The summed E-state index contributed by atoms with van der Waals surface area (Å²) >= 11 is 13.4. The number of ether oxygens (including phenoxy) is 1. The average molecular weight is 342 g/mol. The van der Waals surface area contributed by atoms with E-state index in [0.717, 1.165) is 11.4 Å². The van der Waals surface area contributed by atoms with Gasteiger partial charge in [0.1, 0.15) is 11.4 Å². The van der Waals surface area contributed by atoms with Crippen LogP contribution in [-0.4, -0.2) is 12.1 Å². The van der Waals surface area contributed by atoms with E-state index in [9.17, 15) is 0 Å². The lowest BCUT2D eigenvalue weighted by atomic mass is 10.2. The van der Waals surface area contributed by atoms with Crippen LogP contribution in [-0.2, 0) is 11.4 Å². The van der Waals surface area contributed by atoms with Gasteiger partial charge >= 0.3 is 0 Å². The molecule has 6 nitrogen and oxygen atoms in total. The second-order valence-electron chi connectivity index (χ2n) is 4.09. The minimum absolute atomic E-state index is 0.407. The van der Waals surface area contributed by atoms with Crippen LogP contribution in [0.2, 0.25) is 10.0 Å². The summed E-state index contributed by atoms with van der Waals surface area (Å²) in [5.41, 5.74) is 8.07. The standard InChI is InChI=1S/C12H9Cl2N5OS/c1-20-8-3-2-7(15)12(16-8)17-9-5(13)4-6(14)10-11(9)19-21-18-10/h2-4H,15H2,1H3,(H,16,17). The molecule has 2 heterocycles. The molecule has 0 spiro atoms. The van der Waals surface area contributed by atoms with E-state index in [1.807, 2.05) is 0 Å². The van der Waals surface area contributed by atoms with Crippen LogP contribution < -0.4 is 15.8 Å². The molecule has 1 aromatic carbocycles. The molecule has 108 valence electrons. The van der Waals surface area contributed by atoms with E-state index >= 15 is 0 Å². The number of halogens is 2. The number of pyridine rings is 1. The van der Waals surface area contributed by atoms with Crippen molar-refractivity contribution in [3.8, 4) is 5.88 Å². The number of aromatic nitrogens is 1. The van der Waals surface area contributed by atoms with Gasteiger partial charge in [0, 0.05) is 6.07 Å². The largest absolute Gasteiger partial charge is 0.481 e. The Kier molecular flexibility index (Phi) is 3.71. The highest BCUT2D eigenvalue weighted by molar-refractivity contribution is 7.58. The zero-order valence-corrected chi connectivity index (χ0v) is 13.1. The minimum atomic E-state index is 0.407. The zero-order chi connectivity index (χ0) is 15.0. The zero-order valence-electron chi connectivity index (χ0n) is 10.7. The summed E-state index contributed by atoms with van der Waals surface area (Å²) in [5, 5.41) is 3.92. The first kappa shape index (κ1) is 14.1. The fourth-order valence-corrected chi connectivity index (χ4v) is 2.94. The lowest BCUT2D eigenvalue weighted by molar-refractivity contribution is 0.398. The van der Waals surface area contributed by atoms with Crippen molar-refractivity contribution < 1.29 is 4.74 Å². The monoisotopic (exact) mass is 341 g/mol. The number of nitrogens with one attached hydrogen (secondary N) is 1. The molecule has 0 fully saturated rings. The number of fused-ring (bicyclic) bond motifs is 1. The van der Waals surface area contributed by atoms with E-state index in [1.165, 1.54) is 7.11 Å². The van der Waals surface area contributed by atoms with Gasteiger partial charge in [-0.15, -0.1) is 0 Å². The van der Waals surface area contributed by atoms with Crippen molar-refractivity contribution in [2.75, 3.05) is 18.2 Å². The Morgan fingerprint density at radius 1 is 1.19 bits per heavy atom. The van der Waals surface area contributed by atoms with Crippen LogP contribution in [0.15, 0.2) is 26.9 Å². The first-order valence-electron chi connectivity index (χ1n) is 5.78. The summed E-state index contributed by atoms with van der Waals surface area (Å²) < 4.78 is 13.4.